The molecule has 3 nitrogen and oxygen atoms in total. The summed E-state index contributed by atoms with van der Waals surface area (Å²) < 4.78 is 45.1. The van der Waals surface area contributed by atoms with E-state index in [4.69, 9.17) is 4.74 Å². The Morgan fingerprint density at radius 1 is 1.28 bits per heavy atom. The Morgan fingerprint density at radius 2 is 2.00 bits per heavy atom. The van der Waals surface area contributed by atoms with Crippen LogP contribution in [0.3, 0.4) is 0 Å². The van der Waals surface area contributed by atoms with Gasteiger partial charge in [-0.15, -0.1) is 0 Å². The summed E-state index contributed by atoms with van der Waals surface area (Å²) in [5.74, 6) is -0.245. The lowest BCUT2D eigenvalue weighted by molar-refractivity contribution is -0.138. The molecule has 1 aromatic carbocycles. The van der Waals surface area contributed by atoms with Crippen molar-refractivity contribution in [1.82, 2.24) is 9.55 Å². The second kappa shape index (κ2) is 4.72. The standard InChI is InChI=1S/C12H11F3N2O/c1-2-17-8-7-16-11(17)18-10-6-4-3-5-9(10)12(13,14)15/h3-8H,2H2,1H3. The molecule has 1 aromatic heterocycles. The van der Waals surface area contributed by atoms with Crippen LogP contribution in [0, 0.1) is 0 Å². The minimum atomic E-state index is -4.44. The Morgan fingerprint density at radius 3 is 2.67 bits per heavy atom. The van der Waals surface area contributed by atoms with Gasteiger partial charge in [-0.2, -0.15) is 13.2 Å². The molecule has 0 aliphatic rings. The van der Waals surface area contributed by atoms with Crippen LogP contribution in [0.4, 0.5) is 13.2 Å². The summed E-state index contributed by atoms with van der Waals surface area (Å²) in [5, 5.41) is 0. The quantitative estimate of drug-likeness (QED) is 0.837. The second-order valence-electron chi connectivity index (χ2n) is 3.59. The Hall–Kier alpha value is -1.98. The molecule has 0 aliphatic heterocycles. The molecule has 0 radical (unpaired) electrons. The molecule has 0 amide bonds. The fourth-order valence-electron chi connectivity index (χ4n) is 1.53. The molecule has 1 heterocycles. The third-order valence-electron chi connectivity index (χ3n) is 2.41. The summed E-state index contributed by atoms with van der Waals surface area (Å²) in [7, 11) is 0. The minimum absolute atomic E-state index is 0.147. The lowest BCUT2D eigenvalue weighted by Crippen LogP contribution is -2.08. The maximum Gasteiger partial charge on any atom is 0.419 e. The molecule has 0 bridgehead atoms. The predicted molar refractivity (Wildman–Crippen MR) is 59.4 cm³/mol. The molecule has 0 saturated heterocycles. The smallest absolute Gasteiger partial charge is 0.419 e. The average Bonchev–Trinajstić information content (AvgIpc) is 2.75. The summed E-state index contributed by atoms with van der Waals surface area (Å²) >= 11 is 0. The Bertz CT molecular complexity index is 534. The Labute approximate surface area is 102 Å². The lowest BCUT2D eigenvalue weighted by Gasteiger charge is -2.13. The lowest BCUT2D eigenvalue weighted by atomic mass is 10.2. The fourth-order valence-corrected chi connectivity index (χ4v) is 1.53. The molecule has 2 aromatic rings. The molecule has 0 spiro atoms. The second-order valence-corrected chi connectivity index (χ2v) is 3.59. The van der Waals surface area contributed by atoms with Gasteiger partial charge in [-0.1, -0.05) is 12.1 Å². The van der Waals surface area contributed by atoms with E-state index >= 15 is 0 Å². The molecule has 0 fully saturated rings. The third-order valence-corrected chi connectivity index (χ3v) is 2.41. The van der Waals surface area contributed by atoms with E-state index in [0.29, 0.717) is 6.54 Å². The molecule has 0 N–H and O–H groups in total. The maximum absolute atomic E-state index is 12.8. The zero-order valence-electron chi connectivity index (χ0n) is 9.61. The van der Waals surface area contributed by atoms with Crippen LogP contribution in [0.15, 0.2) is 36.7 Å². The number of rotatable bonds is 3. The van der Waals surface area contributed by atoms with Crippen LogP contribution in [0.5, 0.6) is 11.8 Å². The van der Waals surface area contributed by atoms with Crippen molar-refractivity contribution < 1.29 is 17.9 Å². The van der Waals surface area contributed by atoms with Crippen molar-refractivity contribution in [2.45, 2.75) is 19.6 Å². The van der Waals surface area contributed by atoms with E-state index in [-0.39, 0.29) is 11.8 Å². The number of para-hydroxylation sites is 1. The van der Waals surface area contributed by atoms with Gasteiger partial charge in [-0.25, -0.2) is 4.98 Å². The number of hydrogen-bond acceptors (Lipinski definition) is 2. The van der Waals surface area contributed by atoms with Gasteiger partial charge in [0.1, 0.15) is 5.75 Å². The molecule has 18 heavy (non-hydrogen) atoms. The van der Waals surface area contributed by atoms with E-state index in [1.54, 1.807) is 10.8 Å². The zero-order chi connectivity index (χ0) is 13.2. The summed E-state index contributed by atoms with van der Waals surface area (Å²) in [6.45, 7) is 2.42. The van der Waals surface area contributed by atoms with Crippen molar-refractivity contribution in [3.63, 3.8) is 0 Å². The highest BCUT2D eigenvalue weighted by Crippen LogP contribution is 2.37. The SMILES string of the molecule is CCn1ccnc1Oc1ccccc1C(F)(F)F. The van der Waals surface area contributed by atoms with Crippen LogP contribution in [-0.4, -0.2) is 9.55 Å². The van der Waals surface area contributed by atoms with Crippen LogP contribution in [0.1, 0.15) is 12.5 Å². The molecular formula is C12H11F3N2O. The number of imidazole rings is 1. The van der Waals surface area contributed by atoms with E-state index in [1.165, 1.54) is 24.4 Å². The van der Waals surface area contributed by atoms with Gasteiger partial charge in [0.2, 0.25) is 0 Å². The van der Waals surface area contributed by atoms with E-state index in [1.807, 2.05) is 6.92 Å². The van der Waals surface area contributed by atoms with Gasteiger partial charge in [-0.3, -0.25) is 0 Å². The van der Waals surface area contributed by atoms with E-state index in [2.05, 4.69) is 4.98 Å². The Kier molecular flexibility index (Phi) is 3.27. The molecular weight excluding hydrogens is 245 g/mol. The number of halogens is 3. The maximum atomic E-state index is 12.8. The average molecular weight is 256 g/mol. The molecule has 0 aliphatic carbocycles. The molecule has 96 valence electrons. The highest BCUT2D eigenvalue weighted by atomic mass is 19.4. The minimum Gasteiger partial charge on any atom is -0.425 e. The van der Waals surface area contributed by atoms with Gasteiger partial charge in [-0.05, 0) is 19.1 Å². The summed E-state index contributed by atoms with van der Waals surface area (Å²) in [5.41, 5.74) is -0.810. The molecule has 6 heteroatoms. The first-order valence-electron chi connectivity index (χ1n) is 5.37. The van der Waals surface area contributed by atoms with Crippen molar-refractivity contribution >= 4 is 0 Å². The molecule has 0 unspecified atom stereocenters. The topological polar surface area (TPSA) is 27.1 Å². The molecule has 2 rings (SSSR count). The summed E-state index contributed by atoms with van der Waals surface area (Å²) in [6.07, 6.45) is -1.32. The van der Waals surface area contributed by atoms with Crippen LogP contribution >= 0.6 is 0 Å². The first-order chi connectivity index (χ1) is 8.52. The van der Waals surface area contributed by atoms with Gasteiger partial charge in [0.25, 0.3) is 0 Å². The van der Waals surface area contributed by atoms with Crippen LogP contribution < -0.4 is 4.74 Å². The number of hydrogen-bond donors (Lipinski definition) is 0. The normalized spacial score (nSPS) is 11.6. The number of benzene rings is 1. The van der Waals surface area contributed by atoms with E-state index < -0.39 is 11.7 Å². The summed E-state index contributed by atoms with van der Waals surface area (Å²) in [4.78, 5) is 3.88. The third kappa shape index (κ3) is 2.47. The van der Waals surface area contributed by atoms with Crippen molar-refractivity contribution in [1.29, 1.82) is 0 Å². The number of alkyl halides is 3. The van der Waals surface area contributed by atoms with Crippen molar-refractivity contribution in [3.05, 3.63) is 42.2 Å². The van der Waals surface area contributed by atoms with Crippen molar-refractivity contribution in [3.8, 4) is 11.8 Å². The van der Waals surface area contributed by atoms with Crippen molar-refractivity contribution in [2.75, 3.05) is 0 Å². The van der Waals surface area contributed by atoms with Gasteiger partial charge >= 0.3 is 12.2 Å². The predicted octanol–water partition coefficient (Wildman–Crippen LogP) is 3.71. The molecule has 0 saturated carbocycles. The van der Waals surface area contributed by atoms with Gasteiger partial charge in [0.15, 0.2) is 0 Å². The van der Waals surface area contributed by atoms with Crippen LogP contribution in [-0.2, 0) is 12.7 Å². The largest absolute Gasteiger partial charge is 0.425 e. The van der Waals surface area contributed by atoms with Crippen LogP contribution in [0.25, 0.3) is 0 Å². The van der Waals surface area contributed by atoms with Crippen molar-refractivity contribution in [2.24, 2.45) is 0 Å². The van der Waals surface area contributed by atoms with E-state index in [0.717, 1.165) is 6.07 Å². The number of aromatic nitrogens is 2. The number of nitrogens with zero attached hydrogens (tertiary/aromatic N) is 2. The number of aryl methyl sites for hydroxylation is 1. The van der Waals surface area contributed by atoms with Crippen LogP contribution in [0.2, 0.25) is 0 Å². The van der Waals surface area contributed by atoms with Gasteiger partial charge in [0.05, 0.1) is 5.56 Å². The monoisotopic (exact) mass is 256 g/mol. The van der Waals surface area contributed by atoms with Gasteiger partial charge < -0.3 is 9.30 Å². The number of ether oxygens (including phenoxy) is 1. The zero-order valence-corrected chi connectivity index (χ0v) is 9.61. The highest BCUT2D eigenvalue weighted by molar-refractivity contribution is 5.37. The Balaban J connectivity index is 2.35. The highest BCUT2D eigenvalue weighted by Gasteiger charge is 2.34. The van der Waals surface area contributed by atoms with E-state index in [9.17, 15) is 13.2 Å². The molecule has 0 atom stereocenters. The fraction of sp³-hybridized carbons (Fsp3) is 0.250. The summed E-state index contributed by atoms with van der Waals surface area (Å²) in [6, 6.07) is 5.21. The first-order valence-corrected chi connectivity index (χ1v) is 5.37. The first kappa shape index (κ1) is 12.5. The van der Waals surface area contributed by atoms with Gasteiger partial charge in [0, 0.05) is 18.9 Å².